The smallest absolute Gasteiger partial charge is 0.341 e. The fourth-order valence-corrected chi connectivity index (χ4v) is 2.27. The van der Waals surface area contributed by atoms with Gasteiger partial charge in [-0.1, -0.05) is 28.1 Å². The predicted octanol–water partition coefficient (Wildman–Crippen LogP) is 3.24. The molecule has 0 unspecified atom stereocenters. The minimum atomic E-state index is -0.914. The van der Waals surface area contributed by atoms with Crippen molar-refractivity contribution in [1.29, 1.82) is 0 Å². The standard InChI is InChI=1S/C17H14BrF2NO3/c18-12-3-6-15(20)14(9-12)17(23)24-10-16(22)21-8-7-11-1-4-13(19)5-2-11/h1-6,9H,7-8,10H2,(H,21,22). The van der Waals surface area contributed by atoms with E-state index in [1.165, 1.54) is 24.3 Å². The zero-order valence-electron chi connectivity index (χ0n) is 12.5. The fourth-order valence-electron chi connectivity index (χ4n) is 1.91. The van der Waals surface area contributed by atoms with Crippen LogP contribution in [0.2, 0.25) is 0 Å². The van der Waals surface area contributed by atoms with E-state index in [1.807, 2.05) is 0 Å². The van der Waals surface area contributed by atoms with Gasteiger partial charge < -0.3 is 10.1 Å². The molecule has 0 saturated heterocycles. The van der Waals surface area contributed by atoms with Gasteiger partial charge in [0.05, 0.1) is 5.56 Å². The normalized spacial score (nSPS) is 10.3. The summed E-state index contributed by atoms with van der Waals surface area (Å²) in [7, 11) is 0. The molecule has 0 spiro atoms. The number of carbonyl (C=O) groups excluding carboxylic acids is 2. The first-order chi connectivity index (χ1) is 11.5. The molecule has 1 amide bonds. The molecule has 0 bridgehead atoms. The molecule has 0 aliphatic heterocycles. The van der Waals surface area contributed by atoms with Gasteiger partial charge in [0.15, 0.2) is 6.61 Å². The van der Waals surface area contributed by atoms with Gasteiger partial charge >= 0.3 is 5.97 Å². The molecule has 2 rings (SSSR count). The van der Waals surface area contributed by atoms with Crippen molar-refractivity contribution in [3.8, 4) is 0 Å². The van der Waals surface area contributed by atoms with Gasteiger partial charge in [-0.15, -0.1) is 0 Å². The maximum atomic E-state index is 13.5. The molecule has 7 heteroatoms. The van der Waals surface area contributed by atoms with Crippen LogP contribution in [-0.4, -0.2) is 25.0 Å². The highest BCUT2D eigenvalue weighted by Crippen LogP contribution is 2.16. The summed E-state index contributed by atoms with van der Waals surface area (Å²) in [4.78, 5) is 23.4. The SMILES string of the molecule is O=C(COC(=O)c1cc(Br)ccc1F)NCCc1ccc(F)cc1. The Kier molecular flexibility index (Phi) is 6.43. The third kappa shape index (κ3) is 5.42. The Bertz CT molecular complexity index is 735. The van der Waals surface area contributed by atoms with Crippen LogP contribution < -0.4 is 5.32 Å². The number of benzene rings is 2. The first kappa shape index (κ1) is 18.1. The van der Waals surface area contributed by atoms with Gasteiger partial charge in [-0.25, -0.2) is 13.6 Å². The Morgan fingerprint density at radius 3 is 2.50 bits per heavy atom. The van der Waals surface area contributed by atoms with Crippen LogP contribution in [0.5, 0.6) is 0 Å². The highest BCUT2D eigenvalue weighted by molar-refractivity contribution is 9.10. The van der Waals surface area contributed by atoms with Crippen LogP contribution >= 0.6 is 15.9 Å². The maximum Gasteiger partial charge on any atom is 0.341 e. The number of rotatable bonds is 6. The second-order valence-corrected chi connectivity index (χ2v) is 5.84. The minimum absolute atomic E-state index is 0.247. The quantitative estimate of drug-likeness (QED) is 0.761. The molecule has 2 aromatic rings. The third-order valence-corrected chi connectivity index (χ3v) is 3.63. The van der Waals surface area contributed by atoms with E-state index in [1.54, 1.807) is 12.1 Å². The number of hydrogen-bond donors (Lipinski definition) is 1. The number of esters is 1. The molecule has 0 atom stereocenters. The minimum Gasteiger partial charge on any atom is -0.452 e. The van der Waals surface area contributed by atoms with Gasteiger partial charge in [-0.2, -0.15) is 0 Å². The molecular formula is C17H14BrF2NO3. The van der Waals surface area contributed by atoms with Crippen molar-refractivity contribution in [3.05, 3.63) is 69.7 Å². The Balaban J connectivity index is 1.75. The lowest BCUT2D eigenvalue weighted by atomic mass is 10.1. The molecule has 0 aliphatic carbocycles. The van der Waals surface area contributed by atoms with Gasteiger partial charge in [0.25, 0.3) is 5.91 Å². The van der Waals surface area contributed by atoms with E-state index >= 15 is 0 Å². The van der Waals surface area contributed by atoms with E-state index in [0.29, 0.717) is 17.4 Å². The molecule has 126 valence electrons. The summed E-state index contributed by atoms with van der Waals surface area (Å²) < 4.78 is 31.6. The maximum absolute atomic E-state index is 13.5. The lowest BCUT2D eigenvalue weighted by Crippen LogP contribution is -2.30. The van der Waals surface area contributed by atoms with Gasteiger partial charge in [0, 0.05) is 11.0 Å². The molecule has 0 radical (unpaired) electrons. The Morgan fingerprint density at radius 2 is 1.79 bits per heavy atom. The van der Waals surface area contributed by atoms with Crippen molar-refractivity contribution in [2.75, 3.05) is 13.2 Å². The number of nitrogens with one attached hydrogen (secondary N) is 1. The van der Waals surface area contributed by atoms with Gasteiger partial charge in [-0.3, -0.25) is 4.79 Å². The average Bonchev–Trinajstić information content (AvgIpc) is 2.56. The number of halogens is 3. The summed E-state index contributed by atoms with van der Waals surface area (Å²) in [6.07, 6.45) is 0.514. The van der Waals surface area contributed by atoms with E-state index in [-0.39, 0.29) is 11.4 Å². The lowest BCUT2D eigenvalue weighted by molar-refractivity contribution is -0.124. The molecule has 24 heavy (non-hydrogen) atoms. The van der Waals surface area contributed by atoms with Gasteiger partial charge in [0.2, 0.25) is 0 Å². The number of amides is 1. The van der Waals surface area contributed by atoms with E-state index in [9.17, 15) is 18.4 Å². The molecule has 2 aromatic carbocycles. The van der Waals surface area contributed by atoms with Crippen LogP contribution in [0.25, 0.3) is 0 Å². The number of ether oxygens (including phenoxy) is 1. The summed E-state index contributed by atoms with van der Waals surface area (Å²) in [5, 5.41) is 2.57. The van der Waals surface area contributed by atoms with Crippen molar-refractivity contribution < 1.29 is 23.1 Å². The second-order valence-electron chi connectivity index (χ2n) is 4.93. The zero-order chi connectivity index (χ0) is 17.5. The zero-order valence-corrected chi connectivity index (χ0v) is 14.1. The van der Waals surface area contributed by atoms with Crippen molar-refractivity contribution in [2.45, 2.75) is 6.42 Å². The summed E-state index contributed by atoms with van der Waals surface area (Å²) >= 11 is 3.13. The van der Waals surface area contributed by atoms with Gasteiger partial charge in [0.1, 0.15) is 11.6 Å². The van der Waals surface area contributed by atoms with Gasteiger partial charge in [-0.05, 0) is 42.3 Å². The monoisotopic (exact) mass is 397 g/mol. The fraction of sp³-hybridized carbons (Fsp3) is 0.176. The largest absolute Gasteiger partial charge is 0.452 e. The van der Waals surface area contributed by atoms with Crippen LogP contribution in [-0.2, 0) is 16.0 Å². The molecule has 1 N–H and O–H groups in total. The third-order valence-electron chi connectivity index (χ3n) is 3.13. The van der Waals surface area contributed by atoms with E-state index in [0.717, 1.165) is 11.6 Å². The molecule has 0 heterocycles. The van der Waals surface area contributed by atoms with E-state index in [4.69, 9.17) is 4.74 Å². The number of carbonyl (C=O) groups is 2. The van der Waals surface area contributed by atoms with Crippen LogP contribution in [0.15, 0.2) is 46.9 Å². The summed E-state index contributed by atoms with van der Waals surface area (Å²) in [6, 6.07) is 9.79. The van der Waals surface area contributed by atoms with Crippen LogP contribution in [0.1, 0.15) is 15.9 Å². The summed E-state index contributed by atoms with van der Waals surface area (Å²) in [5.74, 6) is -2.46. The Morgan fingerprint density at radius 1 is 1.08 bits per heavy atom. The molecule has 0 aliphatic rings. The molecular weight excluding hydrogens is 384 g/mol. The summed E-state index contributed by atoms with van der Waals surface area (Å²) in [6.45, 7) is -0.193. The Labute approximate surface area is 145 Å². The van der Waals surface area contributed by atoms with E-state index in [2.05, 4.69) is 21.2 Å². The lowest BCUT2D eigenvalue weighted by Gasteiger charge is -2.07. The van der Waals surface area contributed by atoms with Crippen LogP contribution in [0, 0.1) is 11.6 Å². The highest BCUT2D eigenvalue weighted by Gasteiger charge is 2.15. The Hall–Kier alpha value is -2.28. The topological polar surface area (TPSA) is 55.4 Å². The van der Waals surface area contributed by atoms with Crippen molar-refractivity contribution in [2.24, 2.45) is 0 Å². The molecule has 0 fully saturated rings. The molecule has 0 saturated carbocycles. The number of hydrogen-bond acceptors (Lipinski definition) is 3. The summed E-state index contributed by atoms with van der Waals surface area (Å²) in [5.41, 5.74) is 0.619. The van der Waals surface area contributed by atoms with Crippen molar-refractivity contribution in [3.63, 3.8) is 0 Å². The first-order valence-corrected chi connectivity index (χ1v) is 7.88. The van der Waals surface area contributed by atoms with Crippen molar-refractivity contribution >= 4 is 27.8 Å². The first-order valence-electron chi connectivity index (χ1n) is 7.09. The predicted molar refractivity (Wildman–Crippen MR) is 87.5 cm³/mol. The molecule has 4 nitrogen and oxygen atoms in total. The average molecular weight is 398 g/mol. The second kappa shape index (κ2) is 8.54. The van der Waals surface area contributed by atoms with E-state index < -0.39 is 24.3 Å². The van der Waals surface area contributed by atoms with Crippen molar-refractivity contribution in [1.82, 2.24) is 5.32 Å². The van der Waals surface area contributed by atoms with Crippen LogP contribution in [0.4, 0.5) is 8.78 Å². The molecule has 0 aromatic heterocycles. The van der Waals surface area contributed by atoms with Crippen LogP contribution in [0.3, 0.4) is 0 Å². The highest BCUT2D eigenvalue weighted by atomic mass is 79.9.